The van der Waals surface area contributed by atoms with Crippen LogP contribution in [0.1, 0.15) is 86.5 Å². The lowest BCUT2D eigenvalue weighted by molar-refractivity contribution is -0.239. The van der Waals surface area contributed by atoms with Gasteiger partial charge in [0.2, 0.25) is 0 Å². The molecule has 0 aromatic carbocycles. The monoisotopic (exact) mass is 502 g/mol. The smallest absolute Gasteiger partial charge is 0.310 e. The third-order valence-electron chi connectivity index (χ3n) is 13.2. The molecule has 0 amide bonds. The molecule has 0 radical (unpaired) electrons. The quantitative estimate of drug-likeness (QED) is 0.450. The van der Waals surface area contributed by atoms with Gasteiger partial charge < -0.3 is 20.4 Å². The van der Waals surface area contributed by atoms with Gasteiger partial charge in [0.1, 0.15) is 0 Å². The molecule has 4 saturated carbocycles. The van der Waals surface area contributed by atoms with Crippen LogP contribution in [-0.4, -0.2) is 51.0 Å². The van der Waals surface area contributed by atoms with E-state index in [0.717, 1.165) is 31.3 Å². The molecule has 0 spiro atoms. The van der Waals surface area contributed by atoms with Crippen molar-refractivity contribution in [2.24, 2.45) is 56.7 Å². The lowest BCUT2D eigenvalue weighted by Gasteiger charge is -2.70. The van der Waals surface area contributed by atoms with Crippen LogP contribution in [0.4, 0.5) is 0 Å². The van der Waals surface area contributed by atoms with Gasteiger partial charge in [-0.3, -0.25) is 9.59 Å². The fraction of sp³-hybridized carbons (Fsp3) is 0.867. The summed E-state index contributed by atoms with van der Waals surface area (Å²) in [6.07, 6.45) is 4.63. The zero-order valence-electron chi connectivity index (χ0n) is 22.9. The molecule has 0 aromatic rings. The maximum Gasteiger partial charge on any atom is 0.310 e. The van der Waals surface area contributed by atoms with E-state index in [4.69, 9.17) is 0 Å². The van der Waals surface area contributed by atoms with E-state index in [-0.39, 0.29) is 46.9 Å². The van der Waals surface area contributed by atoms with E-state index in [9.17, 15) is 30.0 Å². The van der Waals surface area contributed by atoms with E-state index in [1.165, 1.54) is 0 Å². The first kappa shape index (κ1) is 26.4. The molecular formula is C30H46O6. The van der Waals surface area contributed by atoms with Crippen molar-refractivity contribution in [2.75, 3.05) is 6.61 Å². The number of hydrogen-bond acceptors (Lipinski definition) is 5. The van der Waals surface area contributed by atoms with Crippen molar-refractivity contribution in [3.63, 3.8) is 0 Å². The molecule has 6 nitrogen and oxygen atoms in total. The third-order valence-corrected chi connectivity index (χ3v) is 13.2. The Morgan fingerprint density at radius 2 is 1.69 bits per heavy atom. The fourth-order valence-electron chi connectivity index (χ4n) is 10.8. The predicted octanol–water partition coefficient (Wildman–Crippen LogP) is 4.21. The van der Waals surface area contributed by atoms with E-state index < -0.39 is 34.4 Å². The summed E-state index contributed by atoms with van der Waals surface area (Å²) >= 11 is 0. The van der Waals surface area contributed by atoms with Crippen molar-refractivity contribution in [3.8, 4) is 0 Å². The summed E-state index contributed by atoms with van der Waals surface area (Å²) in [5, 5.41) is 42.8. The van der Waals surface area contributed by atoms with Crippen molar-refractivity contribution < 1.29 is 30.0 Å². The number of fused-ring (bicyclic) bond motifs is 7. The number of rotatable bonds is 2. The van der Waals surface area contributed by atoms with E-state index in [0.29, 0.717) is 25.2 Å². The number of aliphatic hydroxyl groups excluding tert-OH is 3. The van der Waals surface area contributed by atoms with Crippen LogP contribution in [0.25, 0.3) is 0 Å². The van der Waals surface area contributed by atoms with Crippen molar-refractivity contribution in [1.29, 1.82) is 0 Å². The van der Waals surface area contributed by atoms with Crippen LogP contribution in [0.2, 0.25) is 0 Å². The van der Waals surface area contributed by atoms with E-state index >= 15 is 0 Å². The summed E-state index contributed by atoms with van der Waals surface area (Å²) in [7, 11) is 0. The van der Waals surface area contributed by atoms with Crippen LogP contribution >= 0.6 is 0 Å². The van der Waals surface area contributed by atoms with Gasteiger partial charge in [0.15, 0.2) is 5.78 Å². The number of carbonyl (C=O) groups is 2. The SMILES string of the molecule is CC1CCC2(C(=O)O)CCC3(C)C(=CC(=O)C4C5(C)CC(O)C(O)C(C)(CO)C5CCC43C)C2C1C. The molecule has 5 rings (SSSR count). The minimum Gasteiger partial charge on any atom is -0.481 e. The number of allylic oxidation sites excluding steroid dienone is 2. The standard InChI is InChI=1S/C30H46O6/c1-16-7-10-30(25(35)36)12-11-28(5)18(22(30)17(16)2)13-19(32)23-26(3)14-20(33)24(34)27(4,15-31)21(26)8-9-29(23,28)6/h13,16-17,20-24,31,33-34H,7-12,14-15H2,1-6H3,(H,35,36). The van der Waals surface area contributed by atoms with Gasteiger partial charge in [0, 0.05) is 11.3 Å². The molecule has 0 heterocycles. The normalized spacial score (nSPS) is 56.5. The summed E-state index contributed by atoms with van der Waals surface area (Å²) in [6, 6.07) is 0. The minimum absolute atomic E-state index is 0.0488. The topological polar surface area (TPSA) is 115 Å². The van der Waals surface area contributed by atoms with Gasteiger partial charge in [0.05, 0.1) is 24.2 Å². The summed E-state index contributed by atoms with van der Waals surface area (Å²) in [5.74, 6) is -0.667. The van der Waals surface area contributed by atoms with Crippen LogP contribution < -0.4 is 0 Å². The average molecular weight is 503 g/mol. The van der Waals surface area contributed by atoms with Gasteiger partial charge in [-0.15, -0.1) is 0 Å². The molecule has 6 heteroatoms. The van der Waals surface area contributed by atoms with Crippen molar-refractivity contribution >= 4 is 11.8 Å². The Morgan fingerprint density at radius 3 is 2.31 bits per heavy atom. The Kier molecular flexibility index (Phi) is 5.78. The number of hydrogen-bond donors (Lipinski definition) is 4. The molecule has 0 bridgehead atoms. The van der Waals surface area contributed by atoms with Gasteiger partial charge >= 0.3 is 5.97 Å². The van der Waals surface area contributed by atoms with Gasteiger partial charge in [0.25, 0.3) is 0 Å². The molecule has 0 aromatic heterocycles. The van der Waals surface area contributed by atoms with Crippen LogP contribution in [0.15, 0.2) is 11.6 Å². The van der Waals surface area contributed by atoms with Crippen LogP contribution in [0.5, 0.6) is 0 Å². The van der Waals surface area contributed by atoms with Gasteiger partial charge in [-0.05, 0) is 90.9 Å². The maximum atomic E-state index is 14.3. The number of carbonyl (C=O) groups excluding carboxylic acids is 1. The molecule has 0 saturated heterocycles. The van der Waals surface area contributed by atoms with Crippen LogP contribution in [-0.2, 0) is 9.59 Å². The summed E-state index contributed by atoms with van der Waals surface area (Å²) in [5.41, 5.74) is -1.89. The summed E-state index contributed by atoms with van der Waals surface area (Å²) in [4.78, 5) is 27.1. The number of ketones is 1. The molecule has 12 atom stereocenters. The number of carboxylic acid groups (broad SMARTS) is 1. The minimum atomic E-state index is -1.03. The number of aliphatic hydroxyl groups is 3. The fourth-order valence-corrected chi connectivity index (χ4v) is 10.8. The van der Waals surface area contributed by atoms with E-state index in [1.807, 2.05) is 13.0 Å². The second kappa shape index (κ2) is 7.89. The average Bonchev–Trinajstić information content (AvgIpc) is 2.80. The Labute approximate surface area is 215 Å². The molecular weight excluding hydrogens is 456 g/mol. The van der Waals surface area contributed by atoms with Gasteiger partial charge in [-0.2, -0.15) is 0 Å². The Hall–Kier alpha value is -1.24. The maximum absolute atomic E-state index is 14.3. The molecule has 5 aliphatic carbocycles. The highest BCUT2D eigenvalue weighted by molar-refractivity contribution is 5.96. The van der Waals surface area contributed by atoms with E-state index in [2.05, 4.69) is 34.6 Å². The second-order valence-electron chi connectivity index (χ2n) is 14.5. The largest absolute Gasteiger partial charge is 0.481 e. The van der Waals surface area contributed by atoms with Crippen molar-refractivity contribution in [2.45, 2.75) is 98.7 Å². The van der Waals surface area contributed by atoms with E-state index in [1.54, 1.807) is 0 Å². The molecule has 4 fully saturated rings. The Morgan fingerprint density at radius 1 is 1.03 bits per heavy atom. The van der Waals surface area contributed by atoms with Crippen LogP contribution in [0.3, 0.4) is 0 Å². The summed E-state index contributed by atoms with van der Waals surface area (Å²) < 4.78 is 0. The molecule has 5 aliphatic rings. The zero-order chi connectivity index (χ0) is 26.6. The highest BCUT2D eigenvalue weighted by Gasteiger charge is 2.72. The first-order chi connectivity index (χ1) is 16.6. The Bertz CT molecular complexity index is 1010. The number of carboxylic acids is 1. The predicted molar refractivity (Wildman–Crippen MR) is 136 cm³/mol. The summed E-state index contributed by atoms with van der Waals surface area (Å²) in [6.45, 7) is 12.6. The molecule has 0 aliphatic heterocycles. The molecule has 12 unspecified atom stereocenters. The molecule has 4 N–H and O–H groups in total. The second-order valence-corrected chi connectivity index (χ2v) is 14.5. The van der Waals surface area contributed by atoms with Crippen molar-refractivity contribution in [1.82, 2.24) is 0 Å². The van der Waals surface area contributed by atoms with Crippen LogP contribution in [0, 0.1) is 56.7 Å². The lowest BCUT2D eigenvalue weighted by Crippen LogP contribution is -2.70. The highest BCUT2D eigenvalue weighted by atomic mass is 16.4. The zero-order valence-corrected chi connectivity index (χ0v) is 22.9. The van der Waals surface area contributed by atoms with Gasteiger partial charge in [-0.1, -0.05) is 47.1 Å². The lowest BCUT2D eigenvalue weighted by atomic mass is 9.33. The molecule has 202 valence electrons. The first-order valence-electron chi connectivity index (χ1n) is 14.1. The van der Waals surface area contributed by atoms with Crippen molar-refractivity contribution in [3.05, 3.63) is 11.6 Å². The third kappa shape index (κ3) is 2.90. The molecule has 36 heavy (non-hydrogen) atoms. The Balaban J connectivity index is 1.67. The van der Waals surface area contributed by atoms with Gasteiger partial charge in [-0.25, -0.2) is 0 Å². The number of aliphatic carboxylic acids is 1. The highest BCUT2D eigenvalue weighted by Crippen LogP contribution is 2.75. The first-order valence-corrected chi connectivity index (χ1v) is 14.1.